The molecule has 0 saturated carbocycles. The van der Waals surface area contributed by atoms with Crippen LogP contribution in [0.15, 0.2) is 41.4 Å². The Morgan fingerprint density at radius 1 is 1.17 bits per heavy atom. The molecule has 0 fully saturated rings. The molecule has 0 atom stereocenters. The van der Waals surface area contributed by atoms with Gasteiger partial charge in [0.2, 0.25) is 0 Å². The van der Waals surface area contributed by atoms with Crippen molar-refractivity contribution in [3.63, 3.8) is 0 Å². The van der Waals surface area contributed by atoms with Gasteiger partial charge in [0.1, 0.15) is 10.0 Å². The third kappa shape index (κ3) is 2.48. The van der Waals surface area contributed by atoms with Crippen molar-refractivity contribution >= 4 is 45.8 Å². The van der Waals surface area contributed by atoms with Gasteiger partial charge in [-0.3, -0.25) is 0 Å². The van der Waals surface area contributed by atoms with Crippen molar-refractivity contribution < 1.29 is 0 Å². The fraction of sp³-hybridized carbons (Fsp3) is 0.0833. The average molecular weight is 294 g/mol. The van der Waals surface area contributed by atoms with E-state index in [0.29, 0.717) is 10.1 Å². The summed E-state index contributed by atoms with van der Waals surface area (Å²) in [6, 6.07) is 12.2. The van der Waals surface area contributed by atoms with E-state index < -0.39 is 0 Å². The first kappa shape index (κ1) is 11.9. The van der Waals surface area contributed by atoms with Gasteiger partial charge in [-0.05, 0) is 12.1 Å². The number of pyridine rings is 1. The molecular formula is C12H8ClN3S2. The molecular weight excluding hydrogens is 286 g/mol. The van der Waals surface area contributed by atoms with Gasteiger partial charge >= 0.3 is 0 Å². The van der Waals surface area contributed by atoms with Crippen LogP contribution in [0.3, 0.4) is 0 Å². The van der Waals surface area contributed by atoms with E-state index in [0.717, 1.165) is 21.6 Å². The summed E-state index contributed by atoms with van der Waals surface area (Å²) < 4.78 is 4.47. The maximum Gasteiger partial charge on any atom is 0.138 e. The third-order valence-corrected chi connectivity index (χ3v) is 4.36. The molecule has 0 radical (unpaired) electrons. The highest BCUT2D eigenvalue weighted by molar-refractivity contribution is 7.98. The predicted molar refractivity (Wildman–Crippen MR) is 76.2 cm³/mol. The zero-order valence-electron chi connectivity index (χ0n) is 9.21. The van der Waals surface area contributed by atoms with Gasteiger partial charge in [-0.1, -0.05) is 52.1 Å². The van der Waals surface area contributed by atoms with E-state index in [1.54, 1.807) is 11.8 Å². The molecule has 90 valence electrons. The number of halogens is 1. The number of para-hydroxylation sites is 1. The molecule has 3 aromatic rings. The Balaban J connectivity index is 1.81. The normalized spacial score (nSPS) is 10.9. The van der Waals surface area contributed by atoms with Crippen molar-refractivity contribution in [3.05, 3.63) is 46.4 Å². The van der Waals surface area contributed by atoms with Crippen molar-refractivity contribution in [3.8, 4) is 0 Å². The number of hydrogen-bond acceptors (Lipinski definition) is 5. The predicted octanol–water partition coefficient (Wildman–Crippen LogP) is 4.03. The quantitative estimate of drug-likeness (QED) is 0.683. The van der Waals surface area contributed by atoms with E-state index >= 15 is 0 Å². The lowest BCUT2D eigenvalue weighted by molar-refractivity contribution is 1.07. The number of rotatable bonds is 3. The fourth-order valence-corrected chi connectivity index (χ4v) is 3.16. The molecule has 0 aliphatic rings. The van der Waals surface area contributed by atoms with Crippen molar-refractivity contribution in [2.24, 2.45) is 0 Å². The molecule has 1 aromatic carbocycles. The minimum absolute atomic E-state index is 0.656. The highest BCUT2D eigenvalue weighted by atomic mass is 35.5. The molecule has 0 aliphatic heterocycles. The van der Waals surface area contributed by atoms with Gasteiger partial charge in [0.05, 0.1) is 10.5 Å². The maximum absolute atomic E-state index is 5.96. The molecule has 2 heterocycles. The van der Waals surface area contributed by atoms with Gasteiger partial charge in [0.25, 0.3) is 0 Å². The smallest absolute Gasteiger partial charge is 0.138 e. The van der Waals surface area contributed by atoms with E-state index in [9.17, 15) is 0 Å². The van der Waals surface area contributed by atoms with Crippen LogP contribution >= 0.6 is 34.9 Å². The average Bonchev–Trinajstić information content (AvgIpc) is 2.82. The van der Waals surface area contributed by atoms with Crippen molar-refractivity contribution in [2.45, 2.75) is 10.8 Å². The zero-order valence-corrected chi connectivity index (χ0v) is 11.6. The van der Waals surface area contributed by atoms with Gasteiger partial charge in [-0.25, -0.2) is 4.98 Å². The van der Waals surface area contributed by atoms with Crippen LogP contribution < -0.4 is 0 Å². The van der Waals surface area contributed by atoms with E-state index in [4.69, 9.17) is 11.6 Å². The summed E-state index contributed by atoms with van der Waals surface area (Å²) in [6.07, 6.45) is 0. The van der Waals surface area contributed by atoms with E-state index in [1.807, 2.05) is 24.3 Å². The van der Waals surface area contributed by atoms with Crippen LogP contribution in [0.25, 0.3) is 10.9 Å². The second kappa shape index (κ2) is 5.22. The van der Waals surface area contributed by atoms with Crippen LogP contribution in [0.4, 0.5) is 0 Å². The minimum Gasteiger partial charge on any atom is -0.241 e. The summed E-state index contributed by atoms with van der Waals surface area (Å²) >= 11 is 8.79. The second-order valence-corrected chi connectivity index (χ2v) is 5.98. The Kier molecular flexibility index (Phi) is 3.45. The van der Waals surface area contributed by atoms with Crippen LogP contribution in [0.2, 0.25) is 4.34 Å². The van der Waals surface area contributed by atoms with Crippen LogP contribution in [0.5, 0.6) is 0 Å². The molecule has 0 N–H and O–H groups in total. The third-order valence-electron chi connectivity index (χ3n) is 2.44. The van der Waals surface area contributed by atoms with Crippen molar-refractivity contribution in [1.82, 2.24) is 14.6 Å². The SMILES string of the molecule is Clc1snnc1CSc1ccc2ccccc2n1. The Bertz CT molecular complexity index is 684. The fourth-order valence-electron chi connectivity index (χ4n) is 1.55. The number of thioether (sulfide) groups is 1. The Labute approximate surface area is 117 Å². The molecule has 0 saturated heterocycles. The highest BCUT2D eigenvalue weighted by Gasteiger charge is 2.06. The minimum atomic E-state index is 0.656. The number of fused-ring (bicyclic) bond motifs is 1. The largest absolute Gasteiger partial charge is 0.241 e. The summed E-state index contributed by atoms with van der Waals surface area (Å²) in [5.41, 5.74) is 1.83. The van der Waals surface area contributed by atoms with Gasteiger partial charge in [-0.2, -0.15) is 0 Å². The second-order valence-electron chi connectivity index (χ2n) is 3.62. The molecule has 2 aromatic heterocycles. The highest BCUT2D eigenvalue weighted by Crippen LogP contribution is 2.27. The molecule has 18 heavy (non-hydrogen) atoms. The maximum atomic E-state index is 5.96. The Hall–Kier alpha value is -1.17. The molecule has 3 rings (SSSR count). The first-order valence-electron chi connectivity index (χ1n) is 5.28. The first-order chi connectivity index (χ1) is 8.83. The molecule has 0 unspecified atom stereocenters. The molecule has 0 bridgehead atoms. The summed E-state index contributed by atoms with van der Waals surface area (Å²) in [6.45, 7) is 0. The van der Waals surface area contributed by atoms with Crippen LogP contribution in [-0.2, 0) is 5.75 Å². The van der Waals surface area contributed by atoms with Crippen LogP contribution in [0, 0.1) is 0 Å². The summed E-state index contributed by atoms with van der Waals surface area (Å²) in [5, 5.41) is 6.10. The van der Waals surface area contributed by atoms with E-state index in [-0.39, 0.29) is 0 Å². The number of benzene rings is 1. The van der Waals surface area contributed by atoms with Crippen molar-refractivity contribution in [2.75, 3.05) is 0 Å². The summed E-state index contributed by atoms with van der Waals surface area (Å²) in [7, 11) is 0. The van der Waals surface area contributed by atoms with E-state index in [1.165, 1.54) is 11.5 Å². The number of aromatic nitrogens is 3. The van der Waals surface area contributed by atoms with Gasteiger partial charge in [0, 0.05) is 22.7 Å². The molecule has 0 spiro atoms. The molecule has 0 amide bonds. The van der Waals surface area contributed by atoms with Gasteiger partial charge in [-0.15, -0.1) is 5.10 Å². The van der Waals surface area contributed by atoms with Gasteiger partial charge in [0.15, 0.2) is 0 Å². The van der Waals surface area contributed by atoms with Crippen LogP contribution in [0.1, 0.15) is 5.69 Å². The number of hydrogen-bond donors (Lipinski definition) is 0. The Morgan fingerprint density at radius 3 is 2.89 bits per heavy atom. The summed E-state index contributed by atoms with van der Waals surface area (Å²) in [5.74, 6) is 0.695. The lowest BCUT2D eigenvalue weighted by Gasteiger charge is -2.01. The standard InChI is InChI=1S/C12H8ClN3S2/c13-12-10(15-16-18-12)7-17-11-6-5-8-3-1-2-4-9(8)14-11/h1-6H,7H2. The Morgan fingerprint density at radius 2 is 2.06 bits per heavy atom. The number of nitrogens with zero attached hydrogens (tertiary/aromatic N) is 3. The lowest BCUT2D eigenvalue weighted by atomic mass is 10.2. The first-order valence-corrected chi connectivity index (χ1v) is 7.42. The van der Waals surface area contributed by atoms with Gasteiger partial charge < -0.3 is 0 Å². The van der Waals surface area contributed by atoms with Crippen LogP contribution in [-0.4, -0.2) is 14.6 Å². The molecule has 3 nitrogen and oxygen atoms in total. The zero-order chi connectivity index (χ0) is 12.4. The molecule has 0 aliphatic carbocycles. The molecule has 6 heteroatoms. The summed E-state index contributed by atoms with van der Waals surface area (Å²) in [4.78, 5) is 4.58. The lowest BCUT2D eigenvalue weighted by Crippen LogP contribution is -1.85. The van der Waals surface area contributed by atoms with Crippen molar-refractivity contribution in [1.29, 1.82) is 0 Å². The van der Waals surface area contributed by atoms with E-state index in [2.05, 4.69) is 26.7 Å². The monoisotopic (exact) mass is 293 g/mol. The topological polar surface area (TPSA) is 38.7 Å².